The third-order valence-electron chi connectivity index (χ3n) is 5.03. The van der Waals surface area contributed by atoms with Crippen molar-refractivity contribution < 1.29 is 0 Å². The molecule has 1 N–H and O–H groups in total. The topological polar surface area (TPSA) is 15.3 Å². The van der Waals surface area contributed by atoms with Gasteiger partial charge in [-0.05, 0) is 58.3 Å². The summed E-state index contributed by atoms with van der Waals surface area (Å²) in [5.41, 5.74) is 0. The molecule has 0 bridgehead atoms. The lowest BCUT2D eigenvalue weighted by molar-refractivity contribution is 0.127. The van der Waals surface area contributed by atoms with Crippen molar-refractivity contribution in [3.05, 3.63) is 0 Å². The van der Waals surface area contributed by atoms with Gasteiger partial charge in [-0.25, -0.2) is 0 Å². The standard InChI is InChI=1S/C16H32N2/c1-17-12-10-16-9-5-6-13-18(16)14-11-15-7-3-2-4-8-15/h15-17H,2-14H2,1H3. The lowest BCUT2D eigenvalue weighted by Crippen LogP contribution is -2.42. The maximum absolute atomic E-state index is 3.31. The summed E-state index contributed by atoms with van der Waals surface area (Å²) < 4.78 is 0. The zero-order valence-corrected chi connectivity index (χ0v) is 12.3. The van der Waals surface area contributed by atoms with Crippen LogP contribution in [-0.2, 0) is 0 Å². The molecule has 1 aliphatic heterocycles. The third kappa shape index (κ3) is 4.55. The minimum atomic E-state index is 0.870. The first-order chi connectivity index (χ1) is 8.90. The van der Waals surface area contributed by atoms with E-state index >= 15 is 0 Å². The van der Waals surface area contributed by atoms with Gasteiger partial charge in [0.1, 0.15) is 0 Å². The average molecular weight is 252 g/mol. The Kier molecular flexibility index (Phi) is 6.50. The van der Waals surface area contributed by atoms with Gasteiger partial charge in [0.2, 0.25) is 0 Å². The molecular weight excluding hydrogens is 220 g/mol. The van der Waals surface area contributed by atoms with E-state index in [1.807, 2.05) is 0 Å². The minimum absolute atomic E-state index is 0.870. The second kappa shape index (κ2) is 8.16. The van der Waals surface area contributed by atoms with E-state index in [2.05, 4.69) is 17.3 Å². The quantitative estimate of drug-likeness (QED) is 0.779. The second-order valence-electron chi connectivity index (χ2n) is 6.37. The fourth-order valence-corrected chi connectivity index (χ4v) is 3.82. The number of piperidine rings is 1. The van der Waals surface area contributed by atoms with Crippen molar-refractivity contribution in [3.8, 4) is 0 Å². The molecule has 1 atom stereocenters. The molecule has 0 spiro atoms. The summed E-state index contributed by atoms with van der Waals surface area (Å²) in [5, 5.41) is 3.31. The van der Waals surface area contributed by atoms with Gasteiger partial charge in [-0.2, -0.15) is 0 Å². The SMILES string of the molecule is CNCCC1CCCCN1CCC1CCCCC1. The fourth-order valence-electron chi connectivity index (χ4n) is 3.82. The Morgan fingerprint density at radius 1 is 0.944 bits per heavy atom. The van der Waals surface area contributed by atoms with Gasteiger partial charge >= 0.3 is 0 Å². The predicted molar refractivity (Wildman–Crippen MR) is 78.9 cm³/mol. The third-order valence-corrected chi connectivity index (χ3v) is 5.03. The molecule has 0 aromatic rings. The van der Waals surface area contributed by atoms with Crippen LogP contribution in [0.15, 0.2) is 0 Å². The largest absolute Gasteiger partial charge is 0.320 e. The summed E-state index contributed by atoms with van der Waals surface area (Å²) in [7, 11) is 2.08. The van der Waals surface area contributed by atoms with Gasteiger partial charge < -0.3 is 10.2 Å². The molecule has 1 unspecified atom stereocenters. The zero-order chi connectivity index (χ0) is 12.6. The van der Waals surface area contributed by atoms with Crippen molar-refractivity contribution in [2.45, 2.75) is 70.3 Å². The number of hydrogen-bond donors (Lipinski definition) is 1. The molecule has 0 aromatic heterocycles. The van der Waals surface area contributed by atoms with Gasteiger partial charge in [-0.3, -0.25) is 0 Å². The molecule has 1 saturated carbocycles. The first-order valence-electron chi connectivity index (χ1n) is 8.29. The van der Waals surface area contributed by atoms with Crippen LogP contribution in [0.4, 0.5) is 0 Å². The van der Waals surface area contributed by atoms with Crippen molar-refractivity contribution >= 4 is 0 Å². The highest BCUT2D eigenvalue weighted by Crippen LogP contribution is 2.28. The molecule has 106 valence electrons. The normalized spacial score (nSPS) is 27.5. The van der Waals surface area contributed by atoms with E-state index in [0.717, 1.165) is 12.0 Å². The lowest BCUT2D eigenvalue weighted by atomic mass is 9.86. The summed E-state index contributed by atoms with van der Waals surface area (Å²) in [4.78, 5) is 2.80. The molecular formula is C16H32N2. The zero-order valence-electron chi connectivity index (χ0n) is 12.3. The minimum Gasteiger partial charge on any atom is -0.320 e. The summed E-state index contributed by atoms with van der Waals surface area (Å²) in [5.74, 6) is 1.05. The molecule has 1 aliphatic carbocycles. The number of nitrogens with one attached hydrogen (secondary N) is 1. The lowest BCUT2D eigenvalue weighted by Gasteiger charge is -2.37. The fraction of sp³-hybridized carbons (Fsp3) is 1.00. The average Bonchev–Trinajstić information content (AvgIpc) is 2.45. The van der Waals surface area contributed by atoms with Gasteiger partial charge in [0.15, 0.2) is 0 Å². The van der Waals surface area contributed by atoms with Crippen molar-refractivity contribution in [3.63, 3.8) is 0 Å². The van der Waals surface area contributed by atoms with Crippen molar-refractivity contribution in [1.82, 2.24) is 10.2 Å². The van der Waals surface area contributed by atoms with Crippen molar-refractivity contribution in [2.75, 3.05) is 26.7 Å². The van der Waals surface area contributed by atoms with Crippen molar-refractivity contribution in [1.29, 1.82) is 0 Å². The molecule has 0 amide bonds. The number of nitrogens with zero attached hydrogens (tertiary/aromatic N) is 1. The highest BCUT2D eigenvalue weighted by Gasteiger charge is 2.23. The molecule has 2 fully saturated rings. The molecule has 18 heavy (non-hydrogen) atoms. The van der Waals surface area contributed by atoms with Crippen LogP contribution in [0.3, 0.4) is 0 Å². The van der Waals surface area contributed by atoms with E-state index in [-0.39, 0.29) is 0 Å². The van der Waals surface area contributed by atoms with Gasteiger partial charge in [0.05, 0.1) is 0 Å². The van der Waals surface area contributed by atoms with Crippen LogP contribution in [-0.4, -0.2) is 37.6 Å². The van der Waals surface area contributed by atoms with Crippen LogP contribution >= 0.6 is 0 Å². The van der Waals surface area contributed by atoms with E-state index < -0.39 is 0 Å². The first-order valence-corrected chi connectivity index (χ1v) is 8.29. The Morgan fingerprint density at radius 2 is 1.72 bits per heavy atom. The maximum Gasteiger partial charge on any atom is 0.0107 e. The molecule has 1 heterocycles. The summed E-state index contributed by atoms with van der Waals surface area (Å²) in [6.07, 6.45) is 14.6. The van der Waals surface area contributed by atoms with E-state index in [9.17, 15) is 0 Å². The Bertz CT molecular complexity index is 211. The van der Waals surface area contributed by atoms with Crippen LogP contribution in [0.25, 0.3) is 0 Å². The summed E-state index contributed by atoms with van der Waals surface area (Å²) in [6.45, 7) is 3.92. The highest BCUT2D eigenvalue weighted by atomic mass is 15.2. The molecule has 2 aliphatic rings. The van der Waals surface area contributed by atoms with Crippen LogP contribution in [0.2, 0.25) is 0 Å². The Balaban J connectivity index is 1.70. The predicted octanol–water partition coefficient (Wildman–Crippen LogP) is 3.42. The van der Waals surface area contributed by atoms with E-state index in [1.165, 1.54) is 83.8 Å². The van der Waals surface area contributed by atoms with Gasteiger partial charge in [0.25, 0.3) is 0 Å². The van der Waals surface area contributed by atoms with Crippen LogP contribution in [0.5, 0.6) is 0 Å². The number of likely N-dealkylation sites (tertiary alicyclic amines) is 1. The molecule has 0 radical (unpaired) electrons. The molecule has 2 rings (SSSR count). The maximum atomic E-state index is 3.31. The molecule has 1 saturated heterocycles. The Hall–Kier alpha value is -0.0800. The van der Waals surface area contributed by atoms with Gasteiger partial charge in [0, 0.05) is 6.04 Å². The van der Waals surface area contributed by atoms with Crippen LogP contribution in [0, 0.1) is 5.92 Å². The number of hydrogen-bond acceptors (Lipinski definition) is 2. The molecule has 2 nitrogen and oxygen atoms in total. The first kappa shape index (κ1) is 14.3. The van der Waals surface area contributed by atoms with Crippen LogP contribution < -0.4 is 5.32 Å². The summed E-state index contributed by atoms with van der Waals surface area (Å²) in [6, 6.07) is 0.870. The van der Waals surface area contributed by atoms with E-state index in [0.29, 0.717) is 0 Å². The van der Waals surface area contributed by atoms with Crippen LogP contribution in [0.1, 0.15) is 64.2 Å². The summed E-state index contributed by atoms with van der Waals surface area (Å²) >= 11 is 0. The molecule has 2 heteroatoms. The van der Waals surface area contributed by atoms with Gasteiger partial charge in [-0.15, -0.1) is 0 Å². The van der Waals surface area contributed by atoms with E-state index in [4.69, 9.17) is 0 Å². The number of rotatable bonds is 6. The molecule has 0 aromatic carbocycles. The van der Waals surface area contributed by atoms with Gasteiger partial charge in [-0.1, -0.05) is 38.5 Å². The smallest absolute Gasteiger partial charge is 0.0107 e. The van der Waals surface area contributed by atoms with Crippen molar-refractivity contribution in [2.24, 2.45) is 5.92 Å². The highest BCUT2D eigenvalue weighted by molar-refractivity contribution is 4.78. The monoisotopic (exact) mass is 252 g/mol. The van der Waals surface area contributed by atoms with E-state index in [1.54, 1.807) is 0 Å². The Morgan fingerprint density at radius 3 is 2.50 bits per heavy atom. The second-order valence-corrected chi connectivity index (χ2v) is 6.37. The Labute approximate surface area is 114 Å².